The molecule has 4 heterocycles. The van der Waals surface area contributed by atoms with Crippen LogP contribution < -0.4 is 10.6 Å². The summed E-state index contributed by atoms with van der Waals surface area (Å²) in [5.74, 6) is -0.645. The molecule has 0 radical (unpaired) electrons. The highest BCUT2D eigenvalue weighted by molar-refractivity contribution is 6.02. The lowest BCUT2D eigenvalue weighted by atomic mass is 10.0. The lowest BCUT2D eigenvalue weighted by Crippen LogP contribution is -2.30. The first kappa shape index (κ1) is 22.4. The highest BCUT2D eigenvalue weighted by Crippen LogP contribution is 2.44. The van der Waals surface area contributed by atoms with Crippen LogP contribution in [0.5, 0.6) is 0 Å². The van der Waals surface area contributed by atoms with Crippen LogP contribution in [0.2, 0.25) is 0 Å². The molecule has 7 nitrogen and oxygen atoms in total. The molecule has 1 aliphatic heterocycles. The number of carbonyl (C=O) groups is 1. The minimum atomic E-state index is -4.60. The van der Waals surface area contributed by atoms with Gasteiger partial charge >= 0.3 is 6.18 Å². The van der Waals surface area contributed by atoms with Crippen LogP contribution in [0.25, 0.3) is 22.2 Å². The van der Waals surface area contributed by atoms with E-state index in [1.807, 2.05) is 10.8 Å². The van der Waals surface area contributed by atoms with Crippen molar-refractivity contribution in [3.05, 3.63) is 65.6 Å². The first-order chi connectivity index (χ1) is 17.2. The van der Waals surface area contributed by atoms with E-state index in [9.17, 15) is 18.0 Å². The van der Waals surface area contributed by atoms with Gasteiger partial charge in [-0.3, -0.25) is 4.79 Å². The summed E-state index contributed by atoms with van der Waals surface area (Å²) >= 11 is 0. The van der Waals surface area contributed by atoms with Crippen molar-refractivity contribution in [1.29, 1.82) is 0 Å². The number of nitrogens with two attached hydrogens (primary N) is 1. The van der Waals surface area contributed by atoms with Crippen molar-refractivity contribution in [3.63, 3.8) is 0 Å². The number of nitrogen functional groups attached to an aromatic ring is 1. The Balaban J connectivity index is 1.33. The number of hydrogen-bond acceptors (Lipinski definition) is 5. The zero-order valence-corrected chi connectivity index (χ0v) is 18.9. The molecule has 6 rings (SSSR count). The molecule has 36 heavy (non-hydrogen) atoms. The molecule has 0 saturated heterocycles. The molecule has 0 atom stereocenters. The minimum absolute atomic E-state index is 0.00345. The number of alkyl halides is 3. The van der Waals surface area contributed by atoms with Crippen LogP contribution in [0.1, 0.15) is 35.8 Å². The topological polar surface area (TPSA) is 89.9 Å². The number of anilines is 2. The van der Waals surface area contributed by atoms with Crippen molar-refractivity contribution >= 4 is 28.4 Å². The van der Waals surface area contributed by atoms with Gasteiger partial charge in [0.05, 0.1) is 17.5 Å². The van der Waals surface area contributed by atoms with Gasteiger partial charge in [-0.25, -0.2) is 19.3 Å². The molecule has 3 aromatic heterocycles. The average Bonchev–Trinajstić information content (AvgIpc) is 3.46. The Bertz CT molecular complexity index is 1530. The lowest BCUT2D eigenvalue weighted by Gasteiger charge is -2.18. The van der Waals surface area contributed by atoms with E-state index >= 15 is 4.39 Å². The summed E-state index contributed by atoms with van der Waals surface area (Å²) in [7, 11) is 0. The number of hydrogen-bond donors (Lipinski definition) is 1. The maximum Gasteiger partial charge on any atom is 0.433 e. The highest BCUT2D eigenvalue weighted by Gasteiger charge is 2.34. The van der Waals surface area contributed by atoms with Gasteiger partial charge in [-0.05, 0) is 43.5 Å². The van der Waals surface area contributed by atoms with Crippen molar-refractivity contribution in [2.24, 2.45) is 0 Å². The van der Waals surface area contributed by atoms with Crippen LogP contribution >= 0.6 is 0 Å². The first-order valence-electron chi connectivity index (χ1n) is 11.5. The van der Waals surface area contributed by atoms with E-state index in [4.69, 9.17) is 5.73 Å². The van der Waals surface area contributed by atoms with Gasteiger partial charge in [0.25, 0.3) is 0 Å². The average molecular weight is 496 g/mol. The van der Waals surface area contributed by atoms with E-state index in [1.165, 1.54) is 23.4 Å². The van der Waals surface area contributed by atoms with Gasteiger partial charge in [0.1, 0.15) is 29.3 Å². The SMILES string of the molecule is Nc1ncnc2c1c(-c1ccc3c(c1F)CCN3C(=O)Cc1cccc(C(F)(F)F)n1)cn2C1CC1. The molecular weight excluding hydrogens is 476 g/mol. The first-order valence-corrected chi connectivity index (χ1v) is 11.5. The second-order valence-corrected chi connectivity index (χ2v) is 9.05. The largest absolute Gasteiger partial charge is 0.433 e. The zero-order chi connectivity index (χ0) is 25.2. The third-order valence-corrected chi connectivity index (χ3v) is 6.69. The van der Waals surface area contributed by atoms with Crippen LogP contribution in [0.3, 0.4) is 0 Å². The molecule has 2 N–H and O–H groups in total. The van der Waals surface area contributed by atoms with Gasteiger partial charge < -0.3 is 15.2 Å². The smallest absolute Gasteiger partial charge is 0.383 e. The zero-order valence-electron chi connectivity index (χ0n) is 18.9. The summed E-state index contributed by atoms with van der Waals surface area (Å²) in [6.07, 6.45) is 0.627. The normalized spacial score (nSPS) is 15.5. The Labute approximate surface area is 202 Å². The molecule has 1 saturated carbocycles. The van der Waals surface area contributed by atoms with Gasteiger partial charge in [-0.2, -0.15) is 13.2 Å². The standard InChI is InChI=1S/C25H20F4N6O/c26-22-15(17-11-35(14-4-5-14)24-21(17)23(30)31-12-32-24)6-7-18-16(22)8-9-34(18)20(36)10-13-2-1-3-19(33-13)25(27,28)29/h1-3,6-7,11-12,14H,4-5,8-10H2,(H2,30,31,32). The van der Waals surface area contributed by atoms with Gasteiger partial charge in [0, 0.05) is 41.2 Å². The van der Waals surface area contributed by atoms with Crippen LogP contribution in [0.15, 0.2) is 42.9 Å². The number of aromatic nitrogens is 4. The third-order valence-electron chi connectivity index (χ3n) is 6.69. The van der Waals surface area contributed by atoms with E-state index in [-0.39, 0.29) is 30.9 Å². The number of amides is 1. The fraction of sp³-hybridized carbons (Fsp3) is 0.280. The molecule has 11 heteroatoms. The van der Waals surface area contributed by atoms with Crippen LogP contribution in [0, 0.1) is 5.82 Å². The number of carbonyl (C=O) groups excluding carboxylic acids is 1. The molecule has 1 amide bonds. The Hall–Kier alpha value is -4.02. The van der Waals surface area contributed by atoms with Crippen LogP contribution in [-0.4, -0.2) is 32.0 Å². The molecule has 0 spiro atoms. The second kappa shape index (κ2) is 8.00. The Morgan fingerprint density at radius 2 is 1.92 bits per heavy atom. The van der Waals surface area contributed by atoms with Crippen molar-refractivity contribution in [1.82, 2.24) is 19.5 Å². The van der Waals surface area contributed by atoms with Crippen molar-refractivity contribution in [3.8, 4) is 11.1 Å². The number of fused-ring (bicyclic) bond motifs is 2. The summed E-state index contributed by atoms with van der Waals surface area (Å²) in [6.45, 7) is 0.225. The summed E-state index contributed by atoms with van der Waals surface area (Å²) in [6, 6.07) is 7.00. The summed E-state index contributed by atoms with van der Waals surface area (Å²) in [5, 5.41) is 0.588. The molecule has 4 aromatic rings. The van der Waals surface area contributed by atoms with E-state index in [0.29, 0.717) is 39.5 Å². The van der Waals surface area contributed by atoms with Crippen LogP contribution in [-0.2, 0) is 23.8 Å². The number of benzene rings is 1. The summed E-state index contributed by atoms with van der Waals surface area (Å²) in [5.41, 5.74) is 7.47. The maximum absolute atomic E-state index is 15.8. The minimum Gasteiger partial charge on any atom is -0.383 e. The third kappa shape index (κ3) is 3.66. The predicted octanol–water partition coefficient (Wildman–Crippen LogP) is 4.70. The monoisotopic (exact) mass is 496 g/mol. The number of pyridine rings is 1. The second-order valence-electron chi connectivity index (χ2n) is 9.05. The van der Waals surface area contributed by atoms with Gasteiger partial charge in [-0.15, -0.1) is 0 Å². The maximum atomic E-state index is 15.8. The molecule has 1 fully saturated rings. The van der Waals surface area contributed by atoms with E-state index < -0.39 is 23.6 Å². The summed E-state index contributed by atoms with van der Waals surface area (Å²) in [4.78, 5) is 26.4. The Kier molecular flexibility index (Phi) is 4.99. The lowest BCUT2D eigenvalue weighted by molar-refractivity contribution is -0.141. The van der Waals surface area contributed by atoms with Gasteiger partial charge in [0.15, 0.2) is 0 Å². The molecule has 1 aliphatic carbocycles. The van der Waals surface area contributed by atoms with Crippen molar-refractivity contribution in [2.45, 2.75) is 37.9 Å². The van der Waals surface area contributed by atoms with E-state index in [2.05, 4.69) is 15.0 Å². The fourth-order valence-corrected chi connectivity index (χ4v) is 4.84. The fourth-order valence-electron chi connectivity index (χ4n) is 4.84. The molecule has 184 valence electrons. The van der Waals surface area contributed by atoms with E-state index in [1.54, 1.807) is 12.1 Å². The molecule has 0 unspecified atom stereocenters. The van der Waals surface area contributed by atoms with Gasteiger partial charge in [0.2, 0.25) is 5.91 Å². The highest BCUT2D eigenvalue weighted by atomic mass is 19.4. The van der Waals surface area contributed by atoms with Crippen molar-refractivity contribution < 1.29 is 22.4 Å². The van der Waals surface area contributed by atoms with Crippen molar-refractivity contribution in [2.75, 3.05) is 17.2 Å². The Morgan fingerprint density at radius 3 is 2.67 bits per heavy atom. The molecule has 0 bridgehead atoms. The molecule has 1 aromatic carbocycles. The molecule has 2 aliphatic rings. The summed E-state index contributed by atoms with van der Waals surface area (Å²) < 4.78 is 56.8. The molecular formula is C25H20F4N6O. The quantitative estimate of drug-likeness (QED) is 0.414. The Morgan fingerprint density at radius 1 is 1.11 bits per heavy atom. The van der Waals surface area contributed by atoms with E-state index in [0.717, 1.165) is 18.9 Å². The van der Waals surface area contributed by atoms with Gasteiger partial charge in [-0.1, -0.05) is 6.07 Å². The number of nitrogens with zero attached hydrogens (tertiary/aromatic N) is 5. The number of rotatable bonds is 4. The predicted molar refractivity (Wildman–Crippen MR) is 125 cm³/mol. The van der Waals surface area contributed by atoms with Crippen LogP contribution in [0.4, 0.5) is 29.1 Å². The number of halogens is 4.